The Balaban J connectivity index is 1.62. The number of rotatable bonds is 3. The van der Waals surface area contributed by atoms with Crippen LogP contribution in [0.2, 0.25) is 0 Å². The van der Waals surface area contributed by atoms with Gasteiger partial charge in [-0.1, -0.05) is 12.1 Å². The zero-order valence-corrected chi connectivity index (χ0v) is 13.8. The van der Waals surface area contributed by atoms with Crippen molar-refractivity contribution in [3.8, 4) is 11.1 Å². The number of anilines is 2. The predicted octanol–water partition coefficient (Wildman–Crippen LogP) is 5.13. The summed E-state index contributed by atoms with van der Waals surface area (Å²) in [4.78, 5) is 13.0. The standard InChI is InChI=1S/C19H13FN2O2S/c20-15-9-14(3-4-16(15)21)22-19(23)18-8-12-2-1-11(7-17(12)25-18)13-5-6-24-10-13/h1-10H,21H2,(H,22,23). The minimum Gasteiger partial charge on any atom is -0.472 e. The van der Waals surface area contributed by atoms with Gasteiger partial charge in [0.2, 0.25) is 0 Å². The van der Waals surface area contributed by atoms with E-state index in [1.54, 1.807) is 18.6 Å². The lowest BCUT2D eigenvalue weighted by molar-refractivity contribution is 0.103. The third-order valence-electron chi connectivity index (χ3n) is 3.86. The number of hydrogen-bond donors (Lipinski definition) is 2. The molecule has 4 rings (SSSR count). The molecule has 0 fully saturated rings. The highest BCUT2D eigenvalue weighted by molar-refractivity contribution is 7.21. The quantitative estimate of drug-likeness (QED) is 0.502. The van der Waals surface area contributed by atoms with Crippen LogP contribution in [0.4, 0.5) is 15.8 Å². The highest BCUT2D eigenvalue weighted by atomic mass is 32.1. The van der Waals surface area contributed by atoms with Gasteiger partial charge in [-0.05, 0) is 47.3 Å². The van der Waals surface area contributed by atoms with Crippen LogP contribution >= 0.6 is 11.3 Å². The third kappa shape index (κ3) is 2.99. The highest BCUT2D eigenvalue weighted by Crippen LogP contribution is 2.31. The van der Waals surface area contributed by atoms with Crippen molar-refractivity contribution < 1.29 is 13.6 Å². The molecule has 0 atom stereocenters. The molecule has 0 saturated heterocycles. The number of benzene rings is 2. The predicted molar refractivity (Wildman–Crippen MR) is 98.3 cm³/mol. The number of nitrogen functional groups attached to an aromatic ring is 1. The fourth-order valence-electron chi connectivity index (χ4n) is 2.55. The van der Waals surface area contributed by atoms with E-state index in [2.05, 4.69) is 5.32 Å². The monoisotopic (exact) mass is 352 g/mol. The molecule has 4 nitrogen and oxygen atoms in total. The minimum absolute atomic E-state index is 0.0478. The number of nitrogens with two attached hydrogens (primary N) is 1. The molecule has 6 heteroatoms. The fraction of sp³-hybridized carbons (Fsp3) is 0. The minimum atomic E-state index is -0.557. The topological polar surface area (TPSA) is 68.3 Å². The van der Waals surface area contributed by atoms with Crippen LogP contribution in [0.15, 0.2) is 65.5 Å². The zero-order valence-electron chi connectivity index (χ0n) is 13.0. The van der Waals surface area contributed by atoms with Crippen molar-refractivity contribution in [1.82, 2.24) is 0 Å². The van der Waals surface area contributed by atoms with Crippen LogP contribution in [0.25, 0.3) is 21.2 Å². The van der Waals surface area contributed by atoms with Crippen LogP contribution in [-0.2, 0) is 0 Å². The normalized spacial score (nSPS) is 10.9. The molecule has 0 radical (unpaired) electrons. The Morgan fingerprint density at radius 1 is 1.08 bits per heavy atom. The Bertz CT molecular complexity index is 1070. The average Bonchev–Trinajstić information content (AvgIpc) is 3.26. The second-order valence-corrected chi connectivity index (χ2v) is 6.65. The van der Waals surface area contributed by atoms with E-state index in [9.17, 15) is 9.18 Å². The Morgan fingerprint density at radius 3 is 2.72 bits per heavy atom. The van der Waals surface area contributed by atoms with E-state index in [0.717, 1.165) is 21.2 Å². The Kier molecular flexibility index (Phi) is 3.74. The van der Waals surface area contributed by atoms with Crippen molar-refractivity contribution in [2.75, 3.05) is 11.1 Å². The lowest BCUT2D eigenvalue weighted by Crippen LogP contribution is -2.10. The van der Waals surface area contributed by atoms with Gasteiger partial charge in [0.05, 0.1) is 23.1 Å². The first kappa shape index (κ1) is 15.4. The van der Waals surface area contributed by atoms with E-state index < -0.39 is 5.82 Å². The molecule has 0 aliphatic heterocycles. The second kappa shape index (κ2) is 6.07. The van der Waals surface area contributed by atoms with Gasteiger partial charge in [-0.2, -0.15) is 0 Å². The number of halogens is 1. The summed E-state index contributed by atoms with van der Waals surface area (Å²) in [5, 5.41) is 3.67. The molecule has 0 saturated carbocycles. The van der Waals surface area contributed by atoms with Gasteiger partial charge in [-0.25, -0.2) is 4.39 Å². The number of thiophene rings is 1. The van der Waals surface area contributed by atoms with Crippen molar-refractivity contribution in [1.29, 1.82) is 0 Å². The SMILES string of the molecule is Nc1ccc(NC(=O)c2cc3ccc(-c4ccoc4)cc3s2)cc1F. The summed E-state index contributed by atoms with van der Waals surface area (Å²) in [5.41, 5.74) is 7.87. The Hall–Kier alpha value is -3.12. The van der Waals surface area contributed by atoms with Crippen LogP contribution in [0, 0.1) is 5.82 Å². The fourth-order valence-corrected chi connectivity index (χ4v) is 3.55. The molecule has 0 spiro atoms. The first-order valence-corrected chi connectivity index (χ1v) is 8.34. The molecule has 0 aliphatic rings. The molecule has 2 aromatic carbocycles. The largest absolute Gasteiger partial charge is 0.472 e. The number of furan rings is 1. The maximum Gasteiger partial charge on any atom is 0.265 e. The molecule has 0 bridgehead atoms. The number of hydrogen-bond acceptors (Lipinski definition) is 4. The van der Waals surface area contributed by atoms with Crippen molar-refractivity contribution in [2.45, 2.75) is 0 Å². The molecule has 0 unspecified atom stereocenters. The number of carbonyl (C=O) groups excluding carboxylic acids is 1. The summed E-state index contributed by atoms with van der Waals surface area (Å²) in [5.74, 6) is -0.839. The van der Waals surface area contributed by atoms with E-state index in [0.29, 0.717) is 10.6 Å². The van der Waals surface area contributed by atoms with Gasteiger partial charge >= 0.3 is 0 Å². The van der Waals surface area contributed by atoms with Gasteiger partial charge in [0.25, 0.3) is 5.91 Å². The summed E-state index contributed by atoms with van der Waals surface area (Å²) in [6.07, 6.45) is 3.30. The van der Waals surface area contributed by atoms with Crippen LogP contribution in [0.3, 0.4) is 0 Å². The molecular weight excluding hydrogens is 339 g/mol. The lowest BCUT2D eigenvalue weighted by atomic mass is 10.1. The summed E-state index contributed by atoms with van der Waals surface area (Å²) >= 11 is 1.38. The Morgan fingerprint density at radius 2 is 1.96 bits per heavy atom. The van der Waals surface area contributed by atoms with E-state index in [4.69, 9.17) is 10.2 Å². The van der Waals surface area contributed by atoms with Gasteiger partial charge in [-0.15, -0.1) is 11.3 Å². The first-order valence-electron chi connectivity index (χ1n) is 7.53. The van der Waals surface area contributed by atoms with Gasteiger partial charge in [-0.3, -0.25) is 4.79 Å². The lowest BCUT2D eigenvalue weighted by Gasteiger charge is -2.04. The van der Waals surface area contributed by atoms with Crippen LogP contribution in [0.1, 0.15) is 9.67 Å². The number of amides is 1. The summed E-state index contributed by atoms with van der Waals surface area (Å²) in [7, 11) is 0. The Labute approximate surface area is 146 Å². The summed E-state index contributed by atoms with van der Waals surface area (Å²) < 4.78 is 19.6. The molecule has 1 amide bonds. The van der Waals surface area contributed by atoms with Crippen molar-refractivity contribution >= 4 is 38.7 Å². The van der Waals surface area contributed by atoms with Gasteiger partial charge in [0.1, 0.15) is 5.82 Å². The van der Waals surface area contributed by atoms with Crippen molar-refractivity contribution in [3.63, 3.8) is 0 Å². The molecule has 0 aliphatic carbocycles. The maximum absolute atomic E-state index is 13.5. The molecule has 124 valence electrons. The van der Waals surface area contributed by atoms with Crippen LogP contribution < -0.4 is 11.1 Å². The van der Waals surface area contributed by atoms with Gasteiger partial charge in [0.15, 0.2) is 0 Å². The molecule has 4 aromatic rings. The number of fused-ring (bicyclic) bond motifs is 1. The number of carbonyl (C=O) groups is 1. The van der Waals surface area contributed by atoms with E-state index in [-0.39, 0.29) is 11.6 Å². The van der Waals surface area contributed by atoms with Crippen molar-refractivity contribution in [2.24, 2.45) is 0 Å². The number of nitrogens with one attached hydrogen (secondary N) is 1. The average molecular weight is 352 g/mol. The summed E-state index contributed by atoms with van der Waals surface area (Å²) in [6, 6.07) is 13.9. The summed E-state index contributed by atoms with van der Waals surface area (Å²) in [6.45, 7) is 0. The molecule has 2 aromatic heterocycles. The van der Waals surface area contributed by atoms with E-state index in [1.807, 2.05) is 30.3 Å². The second-order valence-electron chi connectivity index (χ2n) is 5.57. The molecular formula is C19H13FN2O2S. The van der Waals surface area contributed by atoms with E-state index in [1.165, 1.54) is 23.5 Å². The zero-order chi connectivity index (χ0) is 17.4. The first-order chi connectivity index (χ1) is 12.1. The van der Waals surface area contributed by atoms with Crippen LogP contribution in [-0.4, -0.2) is 5.91 Å². The molecule has 3 N–H and O–H groups in total. The third-order valence-corrected chi connectivity index (χ3v) is 4.95. The smallest absolute Gasteiger partial charge is 0.265 e. The maximum atomic E-state index is 13.5. The van der Waals surface area contributed by atoms with Crippen molar-refractivity contribution in [3.05, 3.63) is 71.8 Å². The molecule has 25 heavy (non-hydrogen) atoms. The van der Waals surface area contributed by atoms with Gasteiger partial charge in [0, 0.05) is 16.0 Å². The highest BCUT2D eigenvalue weighted by Gasteiger charge is 2.12. The van der Waals surface area contributed by atoms with Gasteiger partial charge < -0.3 is 15.5 Å². The molecule has 2 heterocycles. The van der Waals surface area contributed by atoms with E-state index >= 15 is 0 Å². The van der Waals surface area contributed by atoms with Crippen LogP contribution in [0.5, 0.6) is 0 Å².